The van der Waals surface area contributed by atoms with Crippen LogP contribution in [0.5, 0.6) is 5.75 Å². The summed E-state index contributed by atoms with van der Waals surface area (Å²) in [5.41, 5.74) is 3.76. The minimum absolute atomic E-state index is 0.156. The van der Waals surface area contributed by atoms with Crippen molar-refractivity contribution in [1.82, 2.24) is 0 Å². The molecule has 0 heterocycles. The van der Waals surface area contributed by atoms with Crippen molar-refractivity contribution in [1.29, 1.82) is 0 Å². The van der Waals surface area contributed by atoms with Crippen molar-refractivity contribution in [2.24, 2.45) is 0 Å². The quantitative estimate of drug-likeness (QED) is 0.553. The summed E-state index contributed by atoms with van der Waals surface area (Å²) in [6.07, 6.45) is 0.156. The van der Waals surface area contributed by atoms with Crippen molar-refractivity contribution < 1.29 is 4.74 Å². The lowest BCUT2D eigenvalue weighted by Gasteiger charge is -2.23. The Morgan fingerprint density at radius 2 is 1.09 bits per heavy atom. The van der Waals surface area contributed by atoms with Gasteiger partial charge in [-0.1, -0.05) is 78.9 Å². The van der Waals surface area contributed by atoms with Crippen LogP contribution in [0.15, 0.2) is 84.9 Å². The highest BCUT2D eigenvalue weighted by molar-refractivity contribution is 5.49. The van der Waals surface area contributed by atoms with Gasteiger partial charge in [-0.25, -0.2) is 0 Å². The second-order valence-corrected chi connectivity index (χ2v) is 5.96. The summed E-state index contributed by atoms with van der Waals surface area (Å²) >= 11 is 0. The minimum Gasteiger partial charge on any atom is -0.491 e. The summed E-state index contributed by atoms with van der Waals surface area (Å²) in [5, 5.41) is 0. The molecule has 0 fully saturated rings. The van der Waals surface area contributed by atoms with Gasteiger partial charge >= 0.3 is 0 Å². The van der Waals surface area contributed by atoms with Crippen LogP contribution in [0.25, 0.3) is 0 Å². The van der Waals surface area contributed by atoms with Crippen LogP contribution < -0.4 is 4.74 Å². The molecule has 0 aromatic heterocycles. The molecule has 116 valence electrons. The molecule has 23 heavy (non-hydrogen) atoms. The summed E-state index contributed by atoms with van der Waals surface area (Å²) in [6, 6.07) is 29.6. The van der Waals surface area contributed by atoms with Gasteiger partial charge in [0.2, 0.25) is 0 Å². The highest BCUT2D eigenvalue weighted by Gasteiger charge is 2.20. The van der Waals surface area contributed by atoms with Crippen LogP contribution in [0.3, 0.4) is 0 Å². The van der Waals surface area contributed by atoms with Gasteiger partial charge in [0.1, 0.15) is 5.75 Å². The fourth-order valence-electron chi connectivity index (χ4n) is 2.92. The number of hydrogen-bond acceptors (Lipinski definition) is 1. The smallest absolute Gasteiger partial charge is 0.123 e. The first kappa shape index (κ1) is 15.4. The first-order valence-corrected chi connectivity index (χ1v) is 8.11. The van der Waals surface area contributed by atoms with E-state index in [1.807, 2.05) is 6.07 Å². The second kappa shape index (κ2) is 7.15. The summed E-state index contributed by atoms with van der Waals surface area (Å²) in [4.78, 5) is 0. The van der Waals surface area contributed by atoms with Crippen molar-refractivity contribution in [2.75, 3.05) is 0 Å². The van der Waals surface area contributed by atoms with E-state index in [0.717, 1.165) is 5.75 Å². The maximum Gasteiger partial charge on any atom is 0.123 e. The summed E-state index contributed by atoms with van der Waals surface area (Å²) in [7, 11) is 0. The Balaban J connectivity index is 2.14. The van der Waals surface area contributed by atoms with Crippen molar-refractivity contribution in [3.8, 4) is 5.75 Å². The molecule has 0 saturated carbocycles. The number of para-hydroxylation sites is 1. The fourth-order valence-corrected chi connectivity index (χ4v) is 2.92. The Hall–Kier alpha value is -2.54. The van der Waals surface area contributed by atoms with E-state index < -0.39 is 0 Å². The zero-order chi connectivity index (χ0) is 16.1. The number of hydrogen-bond donors (Lipinski definition) is 0. The third kappa shape index (κ3) is 3.62. The van der Waals surface area contributed by atoms with E-state index in [1.165, 1.54) is 16.7 Å². The van der Waals surface area contributed by atoms with Crippen LogP contribution in [0.4, 0.5) is 0 Å². The lowest BCUT2D eigenvalue weighted by Crippen LogP contribution is -2.11. The van der Waals surface area contributed by atoms with E-state index in [2.05, 4.69) is 92.7 Å². The molecule has 3 aromatic rings. The standard InChI is InChI=1S/C22H22O/c1-17(2)23-21-16-10-9-15-20(21)22(18-11-5-3-6-12-18)19-13-7-4-8-14-19/h3-17,22H,1-2H3. The fraction of sp³-hybridized carbons (Fsp3) is 0.182. The number of rotatable bonds is 5. The number of ether oxygens (including phenoxy) is 1. The molecular weight excluding hydrogens is 280 g/mol. The van der Waals surface area contributed by atoms with Crippen molar-refractivity contribution in [2.45, 2.75) is 25.9 Å². The molecule has 1 nitrogen and oxygen atoms in total. The molecule has 0 unspecified atom stereocenters. The van der Waals surface area contributed by atoms with Crippen LogP contribution in [0.1, 0.15) is 36.5 Å². The highest BCUT2D eigenvalue weighted by atomic mass is 16.5. The van der Waals surface area contributed by atoms with E-state index in [9.17, 15) is 0 Å². The maximum absolute atomic E-state index is 6.07. The normalized spacial score (nSPS) is 11.0. The second-order valence-electron chi connectivity index (χ2n) is 5.96. The number of benzene rings is 3. The summed E-state index contributed by atoms with van der Waals surface area (Å²) in [6.45, 7) is 4.13. The lowest BCUT2D eigenvalue weighted by molar-refractivity contribution is 0.239. The third-order valence-corrected chi connectivity index (χ3v) is 3.86. The van der Waals surface area contributed by atoms with E-state index in [4.69, 9.17) is 4.74 Å². The predicted octanol–water partition coefficient (Wildman–Crippen LogP) is 5.65. The van der Waals surface area contributed by atoms with Crippen LogP contribution in [0.2, 0.25) is 0 Å². The Morgan fingerprint density at radius 3 is 1.61 bits per heavy atom. The Morgan fingerprint density at radius 1 is 0.609 bits per heavy atom. The van der Waals surface area contributed by atoms with Crippen molar-refractivity contribution >= 4 is 0 Å². The van der Waals surface area contributed by atoms with Crippen LogP contribution >= 0.6 is 0 Å². The molecule has 0 N–H and O–H groups in total. The summed E-state index contributed by atoms with van der Waals surface area (Å²) < 4.78 is 6.07. The van der Waals surface area contributed by atoms with Gasteiger partial charge in [0, 0.05) is 11.5 Å². The molecular formula is C22H22O. The van der Waals surface area contributed by atoms with E-state index >= 15 is 0 Å². The minimum atomic E-state index is 0.156. The predicted molar refractivity (Wildman–Crippen MR) is 96.0 cm³/mol. The summed E-state index contributed by atoms with van der Waals surface area (Å²) in [5.74, 6) is 1.13. The van der Waals surface area contributed by atoms with Gasteiger partial charge in [-0.2, -0.15) is 0 Å². The lowest BCUT2D eigenvalue weighted by atomic mass is 9.85. The molecule has 1 heteroatoms. The Kier molecular flexibility index (Phi) is 4.77. The third-order valence-electron chi connectivity index (χ3n) is 3.86. The Bertz CT molecular complexity index is 693. The molecule has 0 radical (unpaired) electrons. The van der Waals surface area contributed by atoms with Gasteiger partial charge in [0.05, 0.1) is 6.10 Å². The van der Waals surface area contributed by atoms with Gasteiger partial charge in [-0.15, -0.1) is 0 Å². The zero-order valence-corrected chi connectivity index (χ0v) is 13.6. The van der Waals surface area contributed by atoms with E-state index in [1.54, 1.807) is 0 Å². The van der Waals surface area contributed by atoms with Gasteiger partial charge in [0.15, 0.2) is 0 Å². The topological polar surface area (TPSA) is 9.23 Å². The van der Waals surface area contributed by atoms with Gasteiger partial charge < -0.3 is 4.74 Å². The van der Waals surface area contributed by atoms with Gasteiger partial charge in [-0.3, -0.25) is 0 Å². The molecule has 0 aliphatic heterocycles. The van der Waals surface area contributed by atoms with Gasteiger partial charge in [0.25, 0.3) is 0 Å². The van der Waals surface area contributed by atoms with Crippen LogP contribution in [0, 0.1) is 0 Å². The van der Waals surface area contributed by atoms with E-state index in [0.29, 0.717) is 0 Å². The molecule has 3 rings (SSSR count). The zero-order valence-electron chi connectivity index (χ0n) is 13.6. The highest BCUT2D eigenvalue weighted by Crippen LogP contribution is 2.37. The van der Waals surface area contributed by atoms with Crippen molar-refractivity contribution in [3.05, 3.63) is 102 Å². The van der Waals surface area contributed by atoms with Crippen LogP contribution in [-0.4, -0.2) is 6.10 Å². The van der Waals surface area contributed by atoms with Crippen molar-refractivity contribution in [3.63, 3.8) is 0 Å². The molecule has 3 aromatic carbocycles. The monoisotopic (exact) mass is 302 g/mol. The molecule has 0 spiro atoms. The van der Waals surface area contributed by atoms with Crippen LogP contribution in [-0.2, 0) is 0 Å². The molecule has 0 amide bonds. The Labute approximate surface area is 138 Å². The molecule has 0 aliphatic carbocycles. The molecule has 0 aliphatic rings. The molecule has 0 atom stereocenters. The maximum atomic E-state index is 6.07. The average molecular weight is 302 g/mol. The first-order valence-electron chi connectivity index (χ1n) is 8.11. The molecule has 0 bridgehead atoms. The SMILES string of the molecule is CC(C)Oc1ccccc1C(c1ccccc1)c1ccccc1. The first-order chi connectivity index (χ1) is 11.3. The average Bonchev–Trinajstić information content (AvgIpc) is 2.58. The van der Waals surface area contributed by atoms with Gasteiger partial charge in [-0.05, 0) is 31.0 Å². The van der Waals surface area contributed by atoms with E-state index in [-0.39, 0.29) is 12.0 Å². The largest absolute Gasteiger partial charge is 0.491 e. The molecule has 0 saturated heterocycles.